The van der Waals surface area contributed by atoms with Gasteiger partial charge in [0.15, 0.2) is 5.92 Å². The van der Waals surface area contributed by atoms with Crippen LogP contribution < -0.4 is 16.0 Å². The van der Waals surface area contributed by atoms with Crippen molar-refractivity contribution >= 4 is 41.1 Å². The van der Waals surface area contributed by atoms with Gasteiger partial charge in [0.05, 0.1) is 17.4 Å². The zero-order valence-corrected chi connectivity index (χ0v) is 23.9. The zero-order valence-electron chi connectivity index (χ0n) is 23.1. The van der Waals surface area contributed by atoms with Crippen LogP contribution in [0.5, 0.6) is 0 Å². The van der Waals surface area contributed by atoms with Crippen LogP contribution in [0.15, 0.2) is 18.2 Å². The summed E-state index contributed by atoms with van der Waals surface area (Å²) in [5, 5.41) is 18.0. The van der Waals surface area contributed by atoms with Crippen LogP contribution in [0.2, 0.25) is 0 Å². The van der Waals surface area contributed by atoms with E-state index >= 15 is 0 Å². The Bertz CT molecular complexity index is 1040. The van der Waals surface area contributed by atoms with Crippen LogP contribution in [0.3, 0.4) is 0 Å². The van der Waals surface area contributed by atoms with Gasteiger partial charge in [0.1, 0.15) is 17.0 Å². The molecule has 3 rings (SSSR count). The van der Waals surface area contributed by atoms with Gasteiger partial charge >= 0.3 is 0 Å². The van der Waals surface area contributed by atoms with Gasteiger partial charge in [0, 0.05) is 31.7 Å². The van der Waals surface area contributed by atoms with Crippen molar-refractivity contribution in [2.24, 2.45) is 5.92 Å². The van der Waals surface area contributed by atoms with Crippen LogP contribution in [-0.4, -0.2) is 80.9 Å². The maximum Gasteiger partial charge on any atom is 0.240 e. The van der Waals surface area contributed by atoms with Crippen molar-refractivity contribution in [3.05, 3.63) is 18.2 Å². The maximum atomic E-state index is 13.3. The van der Waals surface area contributed by atoms with Crippen molar-refractivity contribution in [2.45, 2.75) is 82.5 Å². The van der Waals surface area contributed by atoms with Crippen molar-refractivity contribution in [1.82, 2.24) is 20.1 Å². The average molecular weight is 544 g/mol. The number of amides is 3. The molecule has 0 bridgehead atoms. The van der Waals surface area contributed by atoms with Gasteiger partial charge in [-0.1, -0.05) is 12.5 Å². The monoisotopic (exact) mass is 543 g/mol. The Kier molecular flexibility index (Phi) is 10.4. The molecule has 2 fully saturated rings. The molecule has 2 saturated heterocycles. The SMILES string of the molecule is CCNC(=O)C(C#N)C1SC(C)(CCNc2cccc(NC(=O)CN3C(C)CCCC3C)n2)C(=O)N1CC. The van der Waals surface area contributed by atoms with E-state index in [1.807, 2.05) is 26.0 Å². The summed E-state index contributed by atoms with van der Waals surface area (Å²) >= 11 is 1.38. The Balaban J connectivity index is 1.57. The summed E-state index contributed by atoms with van der Waals surface area (Å²) in [5.74, 6) is -0.365. The molecule has 208 valence electrons. The van der Waals surface area contributed by atoms with Crippen molar-refractivity contribution in [2.75, 3.05) is 36.8 Å². The van der Waals surface area contributed by atoms with E-state index in [1.165, 1.54) is 18.2 Å². The van der Waals surface area contributed by atoms with E-state index < -0.39 is 16.0 Å². The number of pyridine rings is 1. The summed E-state index contributed by atoms with van der Waals surface area (Å²) in [4.78, 5) is 46.8. The van der Waals surface area contributed by atoms with Crippen molar-refractivity contribution in [3.63, 3.8) is 0 Å². The van der Waals surface area contributed by atoms with Crippen LogP contribution in [0, 0.1) is 17.2 Å². The van der Waals surface area contributed by atoms with E-state index in [9.17, 15) is 19.6 Å². The molecule has 1 aromatic rings. The van der Waals surface area contributed by atoms with Gasteiger partial charge in [-0.15, -0.1) is 11.8 Å². The number of anilines is 2. The number of likely N-dealkylation sites (tertiary alicyclic amines) is 1. The molecule has 11 heteroatoms. The van der Waals surface area contributed by atoms with Gasteiger partial charge in [-0.25, -0.2) is 4.98 Å². The Morgan fingerprint density at radius 1 is 1.24 bits per heavy atom. The highest BCUT2D eigenvalue weighted by molar-refractivity contribution is 8.02. The molecule has 0 aliphatic carbocycles. The number of carbonyl (C=O) groups is 3. The topological polar surface area (TPSA) is 130 Å². The van der Waals surface area contributed by atoms with Gasteiger partial charge in [0.2, 0.25) is 17.7 Å². The van der Waals surface area contributed by atoms with Crippen LogP contribution >= 0.6 is 11.8 Å². The maximum absolute atomic E-state index is 13.3. The van der Waals surface area contributed by atoms with Crippen molar-refractivity contribution in [3.8, 4) is 6.07 Å². The second-order valence-corrected chi connectivity index (χ2v) is 11.9. The molecule has 2 aliphatic heterocycles. The summed E-state index contributed by atoms with van der Waals surface area (Å²) in [5.41, 5.74) is 0. The average Bonchev–Trinajstić information content (AvgIpc) is 3.12. The van der Waals surface area contributed by atoms with Gasteiger partial charge in [0.25, 0.3) is 0 Å². The molecule has 0 radical (unpaired) electrons. The Morgan fingerprint density at radius 2 is 1.92 bits per heavy atom. The lowest BCUT2D eigenvalue weighted by Gasteiger charge is -2.38. The first-order valence-electron chi connectivity index (χ1n) is 13.6. The number of carbonyl (C=O) groups excluding carboxylic acids is 3. The minimum Gasteiger partial charge on any atom is -0.370 e. The fraction of sp³-hybridized carbons (Fsp3) is 0.667. The molecular formula is C27H41N7O3S. The van der Waals surface area contributed by atoms with Gasteiger partial charge in [-0.05, 0) is 66.0 Å². The fourth-order valence-electron chi connectivity index (χ4n) is 5.24. The first-order valence-corrected chi connectivity index (χ1v) is 14.4. The molecule has 3 N–H and O–H groups in total. The standard InChI is InChI=1S/C27H41N7O3S/c1-6-29-24(36)20(16-28)25-33(7-2)26(37)27(5,38-25)14-15-30-21-12-9-13-22(31-21)32-23(35)17-34-18(3)10-8-11-19(34)4/h9,12-13,18-20,25H,6-8,10-11,14-15,17H2,1-5H3,(H,29,36)(H2,30,31,32,35). The highest BCUT2D eigenvalue weighted by Gasteiger charge is 2.52. The normalized spacial score (nSPS) is 26.5. The minimum atomic E-state index is -0.934. The number of aromatic nitrogens is 1. The zero-order chi connectivity index (χ0) is 27.9. The second kappa shape index (κ2) is 13.3. The van der Waals surface area contributed by atoms with Crippen LogP contribution in [0.4, 0.5) is 11.6 Å². The van der Waals surface area contributed by atoms with Crippen LogP contribution in [0.25, 0.3) is 0 Å². The predicted octanol–water partition coefficient (Wildman–Crippen LogP) is 3.04. The smallest absolute Gasteiger partial charge is 0.240 e. The number of nitrogens with one attached hydrogen (secondary N) is 3. The molecule has 3 heterocycles. The molecule has 10 nitrogen and oxygen atoms in total. The van der Waals surface area contributed by atoms with Crippen LogP contribution in [0.1, 0.15) is 60.3 Å². The molecule has 38 heavy (non-hydrogen) atoms. The summed E-state index contributed by atoms with van der Waals surface area (Å²) < 4.78 is -0.775. The largest absolute Gasteiger partial charge is 0.370 e. The lowest BCUT2D eigenvalue weighted by molar-refractivity contribution is -0.133. The first-order chi connectivity index (χ1) is 18.1. The molecule has 5 unspecified atom stereocenters. The molecule has 1 aromatic heterocycles. The number of hydrogen-bond acceptors (Lipinski definition) is 8. The highest BCUT2D eigenvalue weighted by atomic mass is 32.2. The highest BCUT2D eigenvalue weighted by Crippen LogP contribution is 2.45. The van der Waals surface area contributed by atoms with Gasteiger partial charge in [-0.3, -0.25) is 19.3 Å². The molecule has 5 atom stereocenters. The molecule has 0 aromatic carbocycles. The number of piperidine rings is 1. The molecule has 0 spiro atoms. The van der Waals surface area contributed by atoms with Crippen molar-refractivity contribution in [1.29, 1.82) is 5.26 Å². The summed E-state index contributed by atoms with van der Waals surface area (Å²) in [6.07, 6.45) is 3.90. The fourth-order valence-corrected chi connectivity index (χ4v) is 6.90. The predicted molar refractivity (Wildman–Crippen MR) is 150 cm³/mol. The number of hydrogen-bond donors (Lipinski definition) is 3. The number of nitriles is 1. The van der Waals surface area contributed by atoms with E-state index in [-0.39, 0.29) is 17.7 Å². The summed E-state index contributed by atoms with van der Waals surface area (Å²) in [6, 6.07) is 8.27. The second-order valence-electron chi connectivity index (χ2n) is 10.3. The van der Waals surface area contributed by atoms with Gasteiger partial charge in [-0.2, -0.15) is 5.26 Å². The van der Waals surface area contributed by atoms with E-state index in [1.54, 1.807) is 17.9 Å². The van der Waals surface area contributed by atoms with E-state index in [2.05, 4.69) is 45.8 Å². The number of nitrogens with zero attached hydrogens (tertiary/aromatic N) is 4. The van der Waals surface area contributed by atoms with Gasteiger partial charge < -0.3 is 20.9 Å². The molecule has 3 amide bonds. The summed E-state index contributed by atoms with van der Waals surface area (Å²) in [6.45, 7) is 11.5. The Hall–Kier alpha value is -2.84. The lowest BCUT2D eigenvalue weighted by atomic mass is 9.97. The quantitative estimate of drug-likeness (QED) is 0.388. The lowest BCUT2D eigenvalue weighted by Crippen LogP contribution is -2.47. The minimum absolute atomic E-state index is 0.0727. The van der Waals surface area contributed by atoms with E-state index in [0.717, 1.165) is 12.8 Å². The van der Waals surface area contributed by atoms with E-state index in [4.69, 9.17) is 0 Å². The third-order valence-corrected chi connectivity index (χ3v) is 9.09. The van der Waals surface area contributed by atoms with Crippen LogP contribution in [-0.2, 0) is 14.4 Å². The Morgan fingerprint density at radius 3 is 2.55 bits per heavy atom. The molecular weight excluding hydrogens is 502 g/mol. The molecule has 2 aliphatic rings. The molecule has 0 saturated carbocycles. The van der Waals surface area contributed by atoms with Crippen molar-refractivity contribution < 1.29 is 14.4 Å². The van der Waals surface area contributed by atoms with E-state index in [0.29, 0.717) is 56.3 Å². The third-order valence-electron chi connectivity index (χ3n) is 7.43. The number of rotatable bonds is 11. The first kappa shape index (κ1) is 29.7. The Labute approximate surface area is 230 Å². The summed E-state index contributed by atoms with van der Waals surface area (Å²) in [7, 11) is 0. The number of thioether (sulfide) groups is 1. The third kappa shape index (κ3) is 6.97.